The molecule has 148 valence electrons. The van der Waals surface area contributed by atoms with Crippen LogP contribution in [0, 0.1) is 5.92 Å². The molecule has 0 aliphatic carbocycles. The van der Waals surface area contributed by atoms with Crippen LogP contribution in [-0.2, 0) is 4.79 Å². The molecule has 0 aromatic heterocycles. The predicted molar refractivity (Wildman–Crippen MR) is 118 cm³/mol. The van der Waals surface area contributed by atoms with E-state index in [1.54, 1.807) is 0 Å². The third-order valence-electron chi connectivity index (χ3n) is 5.35. The standard InChI is InChI=1S/C24H29ClN2O/c1-19-12-16-27(17-13-19)15-7-14-26-24(28)22(20-8-3-2-4-9-20)18-21-10-5-6-11-23(21)25/h2-6,8-11,18-19H,7,12-17H2,1H3,(H,26,28)/b22-18+. The highest BCUT2D eigenvalue weighted by Gasteiger charge is 2.16. The van der Waals surface area contributed by atoms with Crippen LogP contribution in [0.5, 0.6) is 0 Å². The summed E-state index contributed by atoms with van der Waals surface area (Å²) in [6.07, 6.45) is 5.41. The van der Waals surface area contributed by atoms with Crippen molar-refractivity contribution in [2.45, 2.75) is 26.2 Å². The zero-order valence-corrected chi connectivity index (χ0v) is 17.3. The van der Waals surface area contributed by atoms with Gasteiger partial charge in [-0.2, -0.15) is 0 Å². The Kier molecular flexibility index (Phi) is 7.70. The number of hydrogen-bond donors (Lipinski definition) is 1. The molecule has 0 bridgehead atoms. The van der Waals surface area contributed by atoms with Crippen molar-refractivity contribution in [2.24, 2.45) is 5.92 Å². The van der Waals surface area contributed by atoms with Crippen LogP contribution < -0.4 is 5.32 Å². The Hall–Kier alpha value is -2.10. The van der Waals surface area contributed by atoms with Crippen molar-refractivity contribution in [2.75, 3.05) is 26.2 Å². The lowest BCUT2D eigenvalue weighted by Crippen LogP contribution is -2.35. The molecule has 1 aliphatic rings. The monoisotopic (exact) mass is 396 g/mol. The van der Waals surface area contributed by atoms with E-state index in [-0.39, 0.29) is 5.91 Å². The largest absolute Gasteiger partial charge is 0.352 e. The fourth-order valence-corrected chi connectivity index (χ4v) is 3.72. The van der Waals surface area contributed by atoms with Gasteiger partial charge in [-0.05, 0) is 68.1 Å². The van der Waals surface area contributed by atoms with E-state index in [1.807, 2.05) is 60.7 Å². The topological polar surface area (TPSA) is 32.3 Å². The van der Waals surface area contributed by atoms with Gasteiger partial charge in [0.2, 0.25) is 0 Å². The number of carbonyl (C=O) groups is 1. The lowest BCUT2D eigenvalue weighted by atomic mass is 9.99. The van der Waals surface area contributed by atoms with E-state index in [4.69, 9.17) is 11.6 Å². The average Bonchev–Trinajstić information content (AvgIpc) is 2.72. The second kappa shape index (κ2) is 10.4. The molecule has 0 unspecified atom stereocenters. The zero-order valence-electron chi connectivity index (χ0n) is 16.5. The fraction of sp³-hybridized carbons (Fsp3) is 0.375. The molecule has 3 rings (SSSR count). The average molecular weight is 397 g/mol. The number of nitrogens with zero attached hydrogens (tertiary/aromatic N) is 1. The number of hydrogen-bond acceptors (Lipinski definition) is 2. The van der Waals surface area contributed by atoms with Gasteiger partial charge in [-0.15, -0.1) is 0 Å². The second-order valence-corrected chi connectivity index (χ2v) is 7.99. The highest BCUT2D eigenvalue weighted by molar-refractivity contribution is 6.33. The van der Waals surface area contributed by atoms with E-state index in [2.05, 4.69) is 17.1 Å². The van der Waals surface area contributed by atoms with Crippen LogP contribution in [0.1, 0.15) is 37.3 Å². The summed E-state index contributed by atoms with van der Waals surface area (Å²) in [4.78, 5) is 15.4. The van der Waals surface area contributed by atoms with Gasteiger partial charge in [0.25, 0.3) is 5.91 Å². The van der Waals surface area contributed by atoms with Crippen LogP contribution >= 0.6 is 11.6 Å². The Labute approximate surface area is 173 Å². The zero-order chi connectivity index (χ0) is 19.8. The summed E-state index contributed by atoms with van der Waals surface area (Å²) in [6.45, 7) is 6.40. The molecule has 4 heteroatoms. The van der Waals surface area contributed by atoms with Crippen molar-refractivity contribution < 1.29 is 4.79 Å². The molecular weight excluding hydrogens is 368 g/mol. The summed E-state index contributed by atoms with van der Waals surface area (Å²) in [6, 6.07) is 17.3. The molecule has 0 spiro atoms. The number of rotatable bonds is 7. The van der Waals surface area contributed by atoms with Gasteiger partial charge in [0.15, 0.2) is 0 Å². The molecule has 0 saturated carbocycles. The summed E-state index contributed by atoms with van der Waals surface area (Å²) in [7, 11) is 0. The normalized spacial score (nSPS) is 16.1. The molecule has 1 N–H and O–H groups in total. The van der Waals surface area contributed by atoms with Gasteiger partial charge < -0.3 is 10.2 Å². The minimum Gasteiger partial charge on any atom is -0.352 e. The third-order valence-corrected chi connectivity index (χ3v) is 5.69. The van der Waals surface area contributed by atoms with E-state index < -0.39 is 0 Å². The smallest absolute Gasteiger partial charge is 0.251 e. The molecule has 0 atom stereocenters. The van der Waals surface area contributed by atoms with Crippen LogP contribution in [0.4, 0.5) is 0 Å². The minimum absolute atomic E-state index is 0.0570. The molecule has 28 heavy (non-hydrogen) atoms. The summed E-state index contributed by atoms with van der Waals surface area (Å²) >= 11 is 6.30. The SMILES string of the molecule is CC1CCN(CCCNC(=O)/C(=C/c2ccccc2Cl)c2ccccc2)CC1. The maximum absolute atomic E-state index is 12.9. The first-order valence-corrected chi connectivity index (χ1v) is 10.5. The molecule has 1 saturated heterocycles. The Bertz CT molecular complexity index is 795. The van der Waals surface area contributed by atoms with E-state index in [0.29, 0.717) is 17.1 Å². The number of likely N-dealkylation sites (tertiary alicyclic amines) is 1. The van der Waals surface area contributed by atoms with Crippen molar-refractivity contribution in [3.05, 3.63) is 70.7 Å². The molecule has 1 fully saturated rings. The maximum Gasteiger partial charge on any atom is 0.251 e. The van der Waals surface area contributed by atoms with Gasteiger partial charge in [0.1, 0.15) is 0 Å². The maximum atomic E-state index is 12.9. The van der Waals surface area contributed by atoms with Gasteiger partial charge in [0.05, 0.1) is 0 Å². The van der Waals surface area contributed by atoms with Crippen molar-refractivity contribution in [3.8, 4) is 0 Å². The molecule has 1 heterocycles. The molecule has 1 aliphatic heterocycles. The minimum atomic E-state index is -0.0570. The van der Waals surface area contributed by atoms with Crippen molar-refractivity contribution >= 4 is 29.2 Å². The first-order chi connectivity index (χ1) is 13.6. The van der Waals surface area contributed by atoms with Crippen molar-refractivity contribution in [1.82, 2.24) is 10.2 Å². The Balaban J connectivity index is 1.62. The van der Waals surface area contributed by atoms with Gasteiger partial charge in [0, 0.05) is 17.1 Å². The van der Waals surface area contributed by atoms with Crippen LogP contribution in [0.25, 0.3) is 11.6 Å². The highest BCUT2D eigenvalue weighted by Crippen LogP contribution is 2.23. The Morgan fingerprint density at radius 1 is 1.11 bits per heavy atom. The molecule has 2 aromatic rings. The highest BCUT2D eigenvalue weighted by atomic mass is 35.5. The van der Waals surface area contributed by atoms with E-state index in [1.165, 1.54) is 25.9 Å². The number of piperidine rings is 1. The molecular formula is C24H29ClN2O. The van der Waals surface area contributed by atoms with Gasteiger partial charge in [-0.1, -0.05) is 67.1 Å². The van der Waals surface area contributed by atoms with Crippen LogP contribution in [-0.4, -0.2) is 37.0 Å². The summed E-state index contributed by atoms with van der Waals surface area (Å²) in [5, 5.41) is 3.73. The Morgan fingerprint density at radius 3 is 2.50 bits per heavy atom. The van der Waals surface area contributed by atoms with E-state index in [9.17, 15) is 4.79 Å². The Morgan fingerprint density at radius 2 is 1.79 bits per heavy atom. The van der Waals surface area contributed by atoms with Crippen LogP contribution in [0.15, 0.2) is 54.6 Å². The summed E-state index contributed by atoms with van der Waals surface area (Å²) < 4.78 is 0. The second-order valence-electron chi connectivity index (χ2n) is 7.58. The van der Waals surface area contributed by atoms with Gasteiger partial charge in [-0.3, -0.25) is 4.79 Å². The van der Waals surface area contributed by atoms with Crippen LogP contribution in [0.3, 0.4) is 0 Å². The molecule has 0 radical (unpaired) electrons. The third kappa shape index (κ3) is 5.95. The lowest BCUT2D eigenvalue weighted by Gasteiger charge is -2.30. The number of halogens is 1. The first-order valence-electron chi connectivity index (χ1n) is 10.2. The first kappa shape index (κ1) is 20.6. The predicted octanol–water partition coefficient (Wildman–Crippen LogP) is 5.12. The quantitative estimate of drug-likeness (QED) is 0.400. The summed E-state index contributed by atoms with van der Waals surface area (Å²) in [5.74, 6) is 0.790. The van der Waals surface area contributed by atoms with Gasteiger partial charge >= 0.3 is 0 Å². The number of amides is 1. The molecule has 2 aromatic carbocycles. The van der Waals surface area contributed by atoms with Crippen molar-refractivity contribution in [3.63, 3.8) is 0 Å². The van der Waals surface area contributed by atoms with Crippen LogP contribution in [0.2, 0.25) is 5.02 Å². The molecule has 3 nitrogen and oxygen atoms in total. The molecule has 1 amide bonds. The van der Waals surface area contributed by atoms with Gasteiger partial charge in [-0.25, -0.2) is 0 Å². The van der Waals surface area contributed by atoms with E-state index >= 15 is 0 Å². The van der Waals surface area contributed by atoms with Crippen molar-refractivity contribution in [1.29, 1.82) is 0 Å². The fourth-order valence-electron chi connectivity index (χ4n) is 3.53. The number of benzene rings is 2. The number of nitrogens with one attached hydrogen (secondary N) is 1. The lowest BCUT2D eigenvalue weighted by molar-refractivity contribution is -0.115. The van der Waals surface area contributed by atoms with E-state index in [0.717, 1.165) is 30.0 Å². The summed E-state index contributed by atoms with van der Waals surface area (Å²) in [5.41, 5.74) is 2.38. The number of carbonyl (C=O) groups excluding carboxylic acids is 1.